The Hall–Kier alpha value is -1.86. The number of amides is 1. The molecule has 3 atom stereocenters. The molecule has 108 valence electrons. The van der Waals surface area contributed by atoms with E-state index in [1.807, 2.05) is 0 Å². The second-order valence-corrected chi connectivity index (χ2v) is 5.00. The van der Waals surface area contributed by atoms with E-state index in [0.29, 0.717) is 18.8 Å². The quantitative estimate of drug-likeness (QED) is 0.793. The summed E-state index contributed by atoms with van der Waals surface area (Å²) in [7, 11) is 0. The molecule has 2 bridgehead atoms. The van der Waals surface area contributed by atoms with E-state index < -0.39 is 11.7 Å². The van der Waals surface area contributed by atoms with Crippen LogP contribution in [-0.2, 0) is 11.0 Å². The third kappa shape index (κ3) is 2.19. The van der Waals surface area contributed by atoms with Crippen LogP contribution in [0.25, 0.3) is 0 Å². The molecule has 0 aliphatic carbocycles. The smallest absolute Gasteiger partial charge is 0.419 e. The normalized spacial score (nSPS) is 28.8. The molecule has 0 saturated carbocycles. The van der Waals surface area contributed by atoms with Crippen LogP contribution in [0.2, 0.25) is 0 Å². The first kappa shape index (κ1) is 13.1. The maximum Gasteiger partial charge on any atom is 0.419 e. The SMILES string of the molecule is O=CN1[C@@H]2CC[C@H]1[C@H](Oc1ncc(C(F)(F)F)cn1)C2. The predicted octanol–water partition coefficient (Wildman–Crippen LogP) is 1.64. The summed E-state index contributed by atoms with van der Waals surface area (Å²) in [6, 6.07) is 0.0572. The lowest BCUT2D eigenvalue weighted by Crippen LogP contribution is -2.34. The van der Waals surface area contributed by atoms with Crippen LogP contribution in [0.1, 0.15) is 24.8 Å². The largest absolute Gasteiger partial charge is 0.458 e. The standard InChI is InChI=1S/C12H12F3N3O2/c13-12(14,15)7-4-16-11(17-5-7)20-10-3-8-1-2-9(10)18(8)6-19/h4-6,8-10H,1-3H2/t8-,9+,10-/m1/s1. The molecule has 2 saturated heterocycles. The highest BCUT2D eigenvalue weighted by molar-refractivity contribution is 5.50. The van der Waals surface area contributed by atoms with E-state index in [1.165, 1.54) is 0 Å². The average Bonchev–Trinajstić information content (AvgIpc) is 2.94. The fourth-order valence-electron chi connectivity index (χ4n) is 2.92. The number of carbonyl (C=O) groups is 1. The van der Waals surface area contributed by atoms with Crippen molar-refractivity contribution >= 4 is 6.41 Å². The molecule has 20 heavy (non-hydrogen) atoms. The predicted molar refractivity (Wildman–Crippen MR) is 60.8 cm³/mol. The summed E-state index contributed by atoms with van der Waals surface area (Å²) in [5.41, 5.74) is -0.910. The first-order valence-electron chi connectivity index (χ1n) is 6.27. The van der Waals surface area contributed by atoms with Crippen LogP contribution in [0.4, 0.5) is 13.2 Å². The van der Waals surface area contributed by atoms with Crippen LogP contribution in [0, 0.1) is 0 Å². The Balaban J connectivity index is 1.69. The van der Waals surface area contributed by atoms with Crippen LogP contribution in [-0.4, -0.2) is 39.5 Å². The number of aromatic nitrogens is 2. The van der Waals surface area contributed by atoms with Crippen molar-refractivity contribution in [2.45, 2.75) is 43.6 Å². The lowest BCUT2D eigenvalue weighted by atomic mass is 9.98. The second kappa shape index (κ2) is 4.60. The Morgan fingerprint density at radius 1 is 1.30 bits per heavy atom. The molecule has 2 aliphatic rings. The minimum atomic E-state index is -4.46. The van der Waals surface area contributed by atoms with Crippen LogP contribution in [0.15, 0.2) is 12.4 Å². The Kier molecular flexibility index (Phi) is 3.02. The number of nitrogens with zero attached hydrogens (tertiary/aromatic N) is 3. The molecule has 1 aromatic rings. The van der Waals surface area contributed by atoms with Crippen molar-refractivity contribution in [1.29, 1.82) is 0 Å². The number of hydrogen-bond acceptors (Lipinski definition) is 4. The molecular weight excluding hydrogens is 275 g/mol. The van der Waals surface area contributed by atoms with Gasteiger partial charge in [0.25, 0.3) is 0 Å². The van der Waals surface area contributed by atoms with Gasteiger partial charge in [-0.05, 0) is 12.8 Å². The van der Waals surface area contributed by atoms with Gasteiger partial charge in [0, 0.05) is 24.9 Å². The average molecular weight is 287 g/mol. The third-order valence-electron chi connectivity index (χ3n) is 3.87. The zero-order valence-electron chi connectivity index (χ0n) is 10.4. The minimum Gasteiger partial charge on any atom is -0.458 e. The summed E-state index contributed by atoms with van der Waals surface area (Å²) in [4.78, 5) is 19.8. The summed E-state index contributed by atoms with van der Waals surface area (Å²) in [6.07, 6.45) is -0.0335. The molecule has 0 radical (unpaired) electrons. The van der Waals surface area contributed by atoms with Gasteiger partial charge in [-0.2, -0.15) is 13.2 Å². The van der Waals surface area contributed by atoms with E-state index in [9.17, 15) is 18.0 Å². The van der Waals surface area contributed by atoms with E-state index in [0.717, 1.165) is 19.3 Å². The van der Waals surface area contributed by atoms with Crippen LogP contribution in [0.5, 0.6) is 6.01 Å². The molecule has 3 heterocycles. The van der Waals surface area contributed by atoms with E-state index in [-0.39, 0.29) is 24.2 Å². The number of hydrogen-bond donors (Lipinski definition) is 0. The highest BCUT2D eigenvalue weighted by Gasteiger charge is 2.47. The Bertz CT molecular complexity index is 506. The zero-order chi connectivity index (χ0) is 14.3. The monoisotopic (exact) mass is 287 g/mol. The van der Waals surface area contributed by atoms with Gasteiger partial charge in [0.05, 0.1) is 11.6 Å². The highest BCUT2D eigenvalue weighted by Crippen LogP contribution is 2.38. The van der Waals surface area contributed by atoms with E-state index >= 15 is 0 Å². The maximum absolute atomic E-state index is 12.4. The van der Waals surface area contributed by atoms with E-state index in [4.69, 9.17) is 4.74 Å². The molecule has 1 aromatic heterocycles. The van der Waals surface area contributed by atoms with Crippen molar-refractivity contribution in [2.75, 3.05) is 0 Å². The van der Waals surface area contributed by atoms with Crippen LogP contribution < -0.4 is 4.74 Å². The number of fused-ring (bicyclic) bond motifs is 2. The topological polar surface area (TPSA) is 55.3 Å². The first-order valence-corrected chi connectivity index (χ1v) is 6.27. The summed E-state index contributed by atoms with van der Waals surface area (Å²) in [5.74, 6) is 0. The van der Waals surface area contributed by atoms with Gasteiger partial charge in [0.1, 0.15) is 6.10 Å². The summed E-state index contributed by atoms with van der Waals surface area (Å²) in [6.45, 7) is 0. The maximum atomic E-state index is 12.4. The third-order valence-corrected chi connectivity index (χ3v) is 3.87. The van der Waals surface area contributed by atoms with Gasteiger partial charge in [0.2, 0.25) is 6.41 Å². The Morgan fingerprint density at radius 2 is 2.00 bits per heavy atom. The van der Waals surface area contributed by atoms with Crippen molar-refractivity contribution in [2.24, 2.45) is 0 Å². The molecule has 2 aliphatic heterocycles. The molecule has 2 fully saturated rings. The van der Waals surface area contributed by atoms with Gasteiger partial charge in [0.15, 0.2) is 0 Å². The lowest BCUT2D eigenvalue weighted by Gasteiger charge is -2.21. The zero-order valence-corrected chi connectivity index (χ0v) is 10.4. The lowest BCUT2D eigenvalue weighted by molar-refractivity contribution is -0.138. The van der Waals surface area contributed by atoms with Gasteiger partial charge in [-0.3, -0.25) is 4.79 Å². The van der Waals surface area contributed by atoms with Gasteiger partial charge >= 0.3 is 12.2 Å². The first-order chi connectivity index (χ1) is 9.49. The number of rotatable bonds is 3. The van der Waals surface area contributed by atoms with Crippen molar-refractivity contribution in [3.63, 3.8) is 0 Å². The molecular formula is C12H12F3N3O2. The van der Waals surface area contributed by atoms with Crippen molar-refractivity contribution < 1.29 is 22.7 Å². The molecule has 1 amide bonds. The second-order valence-electron chi connectivity index (χ2n) is 5.00. The Labute approximate surface area is 112 Å². The number of carbonyl (C=O) groups excluding carboxylic acids is 1. The molecule has 0 aromatic carbocycles. The summed E-state index contributed by atoms with van der Waals surface area (Å²) < 4.78 is 42.7. The number of halogens is 3. The van der Waals surface area contributed by atoms with Gasteiger partial charge in [-0.1, -0.05) is 0 Å². The van der Waals surface area contributed by atoms with Crippen molar-refractivity contribution in [3.8, 4) is 6.01 Å². The van der Waals surface area contributed by atoms with Gasteiger partial charge in [-0.15, -0.1) is 0 Å². The molecule has 0 spiro atoms. The Morgan fingerprint density at radius 3 is 2.55 bits per heavy atom. The minimum absolute atomic E-state index is 0.0246. The van der Waals surface area contributed by atoms with Crippen molar-refractivity contribution in [3.05, 3.63) is 18.0 Å². The van der Waals surface area contributed by atoms with Gasteiger partial charge < -0.3 is 9.64 Å². The highest BCUT2D eigenvalue weighted by atomic mass is 19.4. The molecule has 0 unspecified atom stereocenters. The molecule has 5 nitrogen and oxygen atoms in total. The summed E-state index contributed by atoms with van der Waals surface area (Å²) in [5, 5.41) is 0. The van der Waals surface area contributed by atoms with E-state index in [1.54, 1.807) is 4.90 Å². The molecule has 8 heteroatoms. The van der Waals surface area contributed by atoms with Crippen molar-refractivity contribution in [1.82, 2.24) is 14.9 Å². The number of ether oxygens (including phenoxy) is 1. The fraction of sp³-hybridized carbons (Fsp3) is 0.583. The molecule has 3 rings (SSSR count). The van der Waals surface area contributed by atoms with Crippen LogP contribution in [0.3, 0.4) is 0 Å². The number of alkyl halides is 3. The summed E-state index contributed by atoms with van der Waals surface area (Å²) >= 11 is 0. The molecule has 0 N–H and O–H groups in total. The van der Waals surface area contributed by atoms with E-state index in [2.05, 4.69) is 9.97 Å². The fourth-order valence-corrected chi connectivity index (χ4v) is 2.92. The van der Waals surface area contributed by atoms with Gasteiger partial charge in [-0.25, -0.2) is 9.97 Å². The van der Waals surface area contributed by atoms with Crippen LogP contribution >= 0.6 is 0 Å².